The summed E-state index contributed by atoms with van der Waals surface area (Å²) in [5.41, 5.74) is 1.60. The van der Waals surface area contributed by atoms with E-state index in [1.165, 1.54) is 0 Å². The van der Waals surface area contributed by atoms with E-state index in [1.54, 1.807) is 27.0 Å². The first-order valence-corrected chi connectivity index (χ1v) is 4.59. The zero-order valence-corrected chi connectivity index (χ0v) is 8.74. The zero-order valence-electron chi connectivity index (χ0n) is 8.74. The van der Waals surface area contributed by atoms with Crippen LogP contribution in [0.2, 0.25) is 0 Å². The Labute approximate surface area is 84.0 Å². The number of phenols is 1. The molecule has 78 valence electrons. The van der Waals surface area contributed by atoms with Crippen LogP contribution in [0.4, 0.5) is 0 Å². The molecule has 1 aromatic rings. The summed E-state index contributed by atoms with van der Waals surface area (Å²) in [7, 11) is 1.56. The fourth-order valence-electron chi connectivity index (χ4n) is 1.40. The average Bonchev–Trinajstić information content (AvgIpc) is 2.10. The second-order valence-corrected chi connectivity index (χ2v) is 3.50. The van der Waals surface area contributed by atoms with E-state index in [4.69, 9.17) is 4.74 Å². The van der Waals surface area contributed by atoms with E-state index in [0.29, 0.717) is 12.2 Å². The molecule has 0 aliphatic heterocycles. The van der Waals surface area contributed by atoms with Gasteiger partial charge in [0.15, 0.2) is 0 Å². The summed E-state index contributed by atoms with van der Waals surface area (Å²) < 4.78 is 5.11. The highest BCUT2D eigenvalue weighted by Crippen LogP contribution is 2.28. The summed E-state index contributed by atoms with van der Waals surface area (Å²) in [5, 5.41) is 18.8. The van der Waals surface area contributed by atoms with Crippen LogP contribution in [-0.2, 0) is 6.42 Å². The Bertz CT molecular complexity index is 319. The van der Waals surface area contributed by atoms with Crippen LogP contribution in [0.3, 0.4) is 0 Å². The molecule has 3 nitrogen and oxygen atoms in total. The first kappa shape index (κ1) is 10.9. The Morgan fingerprint density at radius 2 is 2.07 bits per heavy atom. The molecule has 1 atom stereocenters. The minimum absolute atomic E-state index is 0.208. The molecule has 0 saturated carbocycles. The molecule has 0 saturated heterocycles. The lowest BCUT2D eigenvalue weighted by molar-refractivity contribution is 0.195. The second-order valence-electron chi connectivity index (χ2n) is 3.50. The SMILES string of the molecule is COc1cc(CC(C)O)cc(O)c1C. The lowest BCUT2D eigenvalue weighted by Crippen LogP contribution is -2.04. The monoisotopic (exact) mass is 196 g/mol. The van der Waals surface area contributed by atoms with Crippen LogP contribution in [0, 0.1) is 6.92 Å². The van der Waals surface area contributed by atoms with Crippen LogP contribution >= 0.6 is 0 Å². The van der Waals surface area contributed by atoms with E-state index >= 15 is 0 Å². The lowest BCUT2D eigenvalue weighted by atomic mass is 10.1. The van der Waals surface area contributed by atoms with Gasteiger partial charge in [-0.1, -0.05) is 0 Å². The molecular formula is C11H16O3. The molecule has 14 heavy (non-hydrogen) atoms. The van der Waals surface area contributed by atoms with Gasteiger partial charge in [0.1, 0.15) is 11.5 Å². The highest BCUT2D eigenvalue weighted by molar-refractivity contribution is 5.46. The first-order valence-electron chi connectivity index (χ1n) is 4.59. The third-order valence-electron chi connectivity index (χ3n) is 2.14. The number of hydrogen-bond acceptors (Lipinski definition) is 3. The maximum absolute atomic E-state index is 9.56. The molecule has 0 aromatic heterocycles. The Kier molecular flexibility index (Phi) is 3.36. The maximum atomic E-state index is 9.56. The maximum Gasteiger partial charge on any atom is 0.125 e. The van der Waals surface area contributed by atoms with Crippen molar-refractivity contribution in [1.29, 1.82) is 0 Å². The minimum Gasteiger partial charge on any atom is -0.508 e. The molecule has 1 rings (SSSR count). The second kappa shape index (κ2) is 4.33. The van der Waals surface area contributed by atoms with Crippen molar-refractivity contribution in [1.82, 2.24) is 0 Å². The molecule has 0 aliphatic carbocycles. The van der Waals surface area contributed by atoms with E-state index in [1.807, 2.05) is 6.07 Å². The highest BCUT2D eigenvalue weighted by Gasteiger charge is 2.08. The molecule has 3 heteroatoms. The van der Waals surface area contributed by atoms with Gasteiger partial charge in [-0.05, 0) is 38.0 Å². The fourth-order valence-corrected chi connectivity index (χ4v) is 1.40. The topological polar surface area (TPSA) is 49.7 Å². The van der Waals surface area contributed by atoms with E-state index < -0.39 is 6.10 Å². The van der Waals surface area contributed by atoms with Crippen LogP contribution in [0.5, 0.6) is 11.5 Å². The van der Waals surface area contributed by atoms with Crippen LogP contribution in [0.25, 0.3) is 0 Å². The quantitative estimate of drug-likeness (QED) is 0.772. The number of benzene rings is 1. The van der Waals surface area contributed by atoms with Crippen molar-refractivity contribution in [2.75, 3.05) is 7.11 Å². The van der Waals surface area contributed by atoms with Crippen molar-refractivity contribution in [2.45, 2.75) is 26.4 Å². The van der Waals surface area contributed by atoms with Gasteiger partial charge in [0.2, 0.25) is 0 Å². The summed E-state index contributed by atoms with van der Waals surface area (Å²) in [6, 6.07) is 3.49. The van der Waals surface area contributed by atoms with Gasteiger partial charge in [-0.2, -0.15) is 0 Å². The summed E-state index contributed by atoms with van der Waals surface area (Å²) in [6.07, 6.45) is 0.103. The molecule has 1 aromatic carbocycles. The number of phenolic OH excluding ortho intramolecular Hbond substituents is 1. The van der Waals surface area contributed by atoms with Crippen LogP contribution in [-0.4, -0.2) is 23.4 Å². The third kappa shape index (κ3) is 2.39. The highest BCUT2D eigenvalue weighted by atomic mass is 16.5. The van der Waals surface area contributed by atoms with Crippen molar-refractivity contribution < 1.29 is 14.9 Å². The Hall–Kier alpha value is -1.22. The minimum atomic E-state index is -0.415. The van der Waals surface area contributed by atoms with Crippen molar-refractivity contribution in [2.24, 2.45) is 0 Å². The van der Waals surface area contributed by atoms with Crippen molar-refractivity contribution in [3.05, 3.63) is 23.3 Å². The number of ether oxygens (including phenoxy) is 1. The molecule has 0 bridgehead atoms. The molecule has 0 heterocycles. The van der Waals surface area contributed by atoms with Gasteiger partial charge >= 0.3 is 0 Å². The lowest BCUT2D eigenvalue weighted by Gasteiger charge is -2.10. The van der Waals surface area contributed by atoms with Gasteiger partial charge in [-0.25, -0.2) is 0 Å². The van der Waals surface area contributed by atoms with Gasteiger partial charge in [-0.15, -0.1) is 0 Å². The van der Waals surface area contributed by atoms with Crippen molar-refractivity contribution in [3.8, 4) is 11.5 Å². The zero-order chi connectivity index (χ0) is 10.7. The van der Waals surface area contributed by atoms with Gasteiger partial charge in [0, 0.05) is 5.56 Å². The predicted octanol–water partition coefficient (Wildman–Crippen LogP) is 1.63. The Morgan fingerprint density at radius 3 is 2.57 bits per heavy atom. The number of aliphatic hydroxyl groups is 1. The third-order valence-corrected chi connectivity index (χ3v) is 2.14. The molecule has 0 radical (unpaired) electrons. The average molecular weight is 196 g/mol. The van der Waals surface area contributed by atoms with Crippen LogP contribution in [0.1, 0.15) is 18.1 Å². The summed E-state index contributed by atoms with van der Waals surface area (Å²) in [5.74, 6) is 0.862. The number of methoxy groups -OCH3 is 1. The number of aromatic hydroxyl groups is 1. The summed E-state index contributed by atoms with van der Waals surface area (Å²) in [6.45, 7) is 3.50. The molecule has 0 aliphatic rings. The largest absolute Gasteiger partial charge is 0.508 e. The number of rotatable bonds is 3. The van der Waals surface area contributed by atoms with Gasteiger partial charge in [0.05, 0.1) is 13.2 Å². The normalized spacial score (nSPS) is 12.6. The molecule has 2 N–H and O–H groups in total. The van der Waals surface area contributed by atoms with E-state index in [9.17, 15) is 10.2 Å². The van der Waals surface area contributed by atoms with Gasteiger partial charge < -0.3 is 14.9 Å². The van der Waals surface area contributed by atoms with Crippen molar-refractivity contribution >= 4 is 0 Å². The van der Waals surface area contributed by atoms with Gasteiger partial charge in [-0.3, -0.25) is 0 Å². The number of aliphatic hydroxyl groups excluding tert-OH is 1. The summed E-state index contributed by atoms with van der Waals surface area (Å²) in [4.78, 5) is 0. The van der Waals surface area contributed by atoms with Crippen LogP contribution in [0.15, 0.2) is 12.1 Å². The Balaban J connectivity index is 3.03. The molecule has 0 amide bonds. The molecule has 0 spiro atoms. The molecule has 1 unspecified atom stereocenters. The van der Waals surface area contributed by atoms with E-state index in [2.05, 4.69) is 0 Å². The van der Waals surface area contributed by atoms with E-state index in [0.717, 1.165) is 11.1 Å². The fraction of sp³-hybridized carbons (Fsp3) is 0.455. The van der Waals surface area contributed by atoms with E-state index in [-0.39, 0.29) is 5.75 Å². The van der Waals surface area contributed by atoms with Crippen LogP contribution < -0.4 is 4.74 Å². The number of hydrogen-bond donors (Lipinski definition) is 2. The molecular weight excluding hydrogens is 180 g/mol. The first-order chi connectivity index (χ1) is 6.54. The predicted molar refractivity (Wildman–Crippen MR) is 54.8 cm³/mol. The smallest absolute Gasteiger partial charge is 0.125 e. The van der Waals surface area contributed by atoms with Crippen molar-refractivity contribution in [3.63, 3.8) is 0 Å². The molecule has 0 fully saturated rings. The van der Waals surface area contributed by atoms with Gasteiger partial charge in [0.25, 0.3) is 0 Å². The summed E-state index contributed by atoms with van der Waals surface area (Å²) >= 11 is 0. The standard InChI is InChI=1S/C11H16O3/c1-7(12)4-9-5-10(13)8(2)11(6-9)14-3/h5-7,12-13H,4H2,1-3H3. The Morgan fingerprint density at radius 1 is 1.43 bits per heavy atom.